The lowest BCUT2D eigenvalue weighted by Crippen LogP contribution is -2.34. The molecule has 1 N–H and O–H groups in total. The average Bonchev–Trinajstić information content (AvgIpc) is 2.67. The smallest absolute Gasteiger partial charge is 0.321 e. The van der Waals surface area contributed by atoms with Gasteiger partial charge in [0.05, 0.1) is 11.5 Å². The van der Waals surface area contributed by atoms with E-state index < -0.39 is 40.2 Å². The molecule has 2 aromatic rings. The molecule has 0 radical (unpaired) electrons. The number of ketones is 1. The molecule has 0 aliphatic carbocycles. The highest BCUT2D eigenvalue weighted by Gasteiger charge is 2.21. The van der Waals surface area contributed by atoms with Crippen molar-refractivity contribution in [3.05, 3.63) is 59.9 Å². The van der Waals surface area contributed by atoms with Crippen molar-refractivity contribution in [3.8, 4) is 5.75 Å². The van der Waals surface area contributed by atoms with Crippen molar-refractivity contribution in [1.29, 1.82) is 0 Å². The van der Waals surface area contributed by atoms with Crippen molar-refractivity contribution < 1.29 is 31.9 Å². The third-order valence-corrected chi connectivity index (χ3v) is 5.07. The van der Waals surface area contributed by atoms with E-state index in [4.69, 9.17) is 9.47 Å². The number of Topliss-reactive ketones (excluding diaryl/α,β-unsaturated/α-hetero) is 1. The monoisotopic (exact) mass is 409 g/mol. The summed E-state index contributed by atoms with van der Waals surface area (Å²) >= 11 is 0. The number of carbonyl (C=O) groups is 2. The van der Waals surface area contributed by atoms with Gasteiger partial charge in [-0.3, -0.25) is 9.59 Å². The highest BCUT2D eigenvalue weighted by molar-refractivity contribution is 7.89. The molecular formula is C19H20FNO6S. The first kappa shape index (κ1) is 21.5. The van der Waals surface area contributed by atoms with Gasteiger partial charge in [-0.1, -0.05) is 0 Å². The Balaban J connectivity index is 1.91. The van der Waals surface area contributed by atoms with Crippen LogP contribution in [0.5, 0.6) is 5.75 Å². The minimum atomic E-state index is -4.01. The van der Waals surface area contributed by atoms with Crippen molar-refractivity contribution in [3.63, 3.8) is 0 Å². The van der Waals surface area contributed by atoms with E-state index in [1.165, 1.54) is 6.92 Å². The Morgan fingerprint density at radius 2 is 1.68 bits per heavy atom. The van der Waals surface area contributed by atoms with Crippen LogP contribution >= 0.6 is 0 Å². The molecule has 0 saturated heterocycles. The number of carbonyl (C=O) groups excluding carboxylic acids is 2. The van der Waals surface area contributed by atoms with E-state index >= 15 is 0 Å². The van der Waals surface area contributed by atoms with Gasteiger partial charge in [0.2, 0.25) is 15.8 Å². The number of esters is 1. The van der Waals surface area contributed by atoms with Gasteiger partial charge in [-0.25, -0.2) is 12.8 Å². The van der Waals surface area contributed by atoms with Crippen molar-refractivity contribution in [2.45, 2.75) is 24.8 Å². The van der Waals surface area contributed by atoms with Gasteiger partial charge >= 0.3 is 5.97 Å². The minimum absolute atomic E-state index is 0.194. The van der Waals surface area contributed by atoms with Crippen LogP contribution in [0.1, 0.15) is 24.2 Å². The first-order chi connectivity index (χ1) is 13.2. The summed E-state index contributed by atoms with van der Waals surface area (Å²) in [6.07, 6.45) is -1.10. The van der Waals surface area contributed by atoms with Crippen LogP contribution in [0.25, 0.3) is 0 Å². The Hall–Kier alpha value is -2.78. The lowest BCUT2D eigenvalue weighted by atomic mass is 10.1. The third kappa shape index (κ3) is 5.86. The van der Waals surface area contributed by atoms with Crippen LogP contribution in [0, 0.1) is 5.82 Å². The zero-order valence-corrected chi connectivity index (χ0v) is 16.2. The summed E-state index contributed by atoms with van der Waals surface area (Å²) < 4.78 is 49.3. The number of nitrogens with one attached hydrogen (secondary N) is 1. The first-order valence-electron chi connectivity index (χ1n) is 8.44. The Morgan fingerprint density at radius 3 is 2.25 bits per heavy atom. The molecule has 0 bridgehead atoms. The number of ether oxygens (including phenoxy) is 2. The van der Waals surface area contributed by atoms with Crippen LogP contribution < -0.4 is 9.46 Å². The maximum Gasteiger partial charge on any atom is 0.321 e. The summed E-state index contributed by atoms with van der Waals surface area (Å²) in [5.74, 6) is -1.32. The van der Waals surface area contributed by atoms with Gasteiger partial charge in [0.25, 0.3) is 0 Å². The van der Waals surface area contributed by atoms with Crippen LogP contribution in [0.15, 0.2) is 53.4 Å². The Bertz CT molecular complexity index is 926. The van der Waals surface area contributed by atoms with Crippen LogP contribution in [0.2, 0.25) is 0 Å². The molecule has 0 aliphatic rings. The summed E-state index contributed by atoms with van der Waals surface area (Å²) in [4.78, 5) is 24.0. The molecule has 0 aliphatic heterocycles. The topological polar surface area (TPSA) is 98.8 Å². The van der Waals surface area contributed by atoms with Crippen LogP contribution in [0.4, 0.5) is 4.39 Å². The lowest BCUT2D eigenvalue weighted by molar-refractivity contribution is -0.144. The second kappa shape index (κ2) is 9.43. The molecule has 9 heteroatoms. The van der Waals surface area contributed by atoms with E-state index in [9.17, 15) is 22.4 Å². The zero-order valence-electron chi connectivity index (χ0n) is 15.3. The summed E-state index contributed by atoms with van der Waals surface area (Å²) in [6, 6.07) is 10.5. The molecular weight excluding hydrogens is 389 g/mol. The van der Waals surface area contributed by atoms with Gasteiger partial charge in [0, 0.05) is 5.56 Å². The molecule has 0 amide bonds. The molecule has 28 heavy (non-hydrogen) atoms. The second-order valence-corrected chi connectivity index (χ2v) is 7.50. The van der Waals surface area contributed by atoms with E-state index in [1.807, 2.05) is 11.6 Å². The molecule has 0 heterocycles. The number of hydrogen-bond donors (Lipinski definition) is 1. The van der Waals surface area contributed by atoms with Gasteiger partial charge in [0.1, 0.15) is 18.1 Å². The van der Waals surface area contributed by atoms with Crippen molar-refractivity contribution >= 4 is 21.8 Å². The van der Waals surface area contributed by atoms with E-state index in [-0.39, 0.29) is 4.90 Å². The largest absolute Gasteiger partial charge is 0.494 e. The molecule has 0 spiro atoms. The molecule has 0 saturated carbocycles. The van der Waals surface area contributed by atoms with Gasteiger partial charge in [0.15, 0.2) is 6.10 Å². The molecule has 0 unspecified atom stereocenters. The summed E-state index contributed by atoms with van der Waals surface area (Å²) in [6.45, 7) is 3.06. The average molecular weight is 409 g/mol. The lowest BCUT2D eigenvalue weighted by Gasteiger charge is -2.13. The maximum absolute atomic E-state index is 12.9. The predicted molar refractivity (Wildman–Crippen MR) is 99.1 cm³/mol. The standard InChI is InChI=1S/C19H20FNO6S/c1-3-26-16-8-4-14(5-9-16)19(23)13(2)27-18(22)12-21-28(24,25)17-10-6-15(20)7-11-17/h4-11,13,21H,3,12H2,1-2H3/t13-/m0/s1. The van der Waals surface area contributed by atoms with Crippen LogP contribution in [-0.2, 0) is 19.6 Å². The molecule has 0 aromatic heterocycles. The normalized spacial score (nSPS) is 12.2. The molecule has 0 fully saturated rings. The maximum atomic E-state index is 12.9. The number of benzene rings is 2. The number of sulfonamides is 1. The van der Waals surface area contributed by atoms with Crippen molar-refractivity contribution in [1.82, 2.24) is 4.72 Å². The summed E-state index contributed by atoms with van der Waals surface area (Å²) in [7, 11) is -4.01. The number of rotatable bonds is 9. The summed E-state index contributed by atoms with van der Waals surface area (Å²) in [5, 5.41) is 0. The molecule has 150 valence electrons. The Labute approximate surface area is 162 Å². The molecule has 2 aromatic carbocycles. The second-order valence-electron chi connectivity index (χ2n) is 5.73. The molecule has 1 atom stereocenters. The Morgan fingerprint density at radius 1 is 1.07 bits per heavy atom. The number of hydrogen-bond acceptors (Lipinski definition) is 6. The predicted octanol–water partition coefficient (Wildman–Crippen LogP) is 2.32. The zero-order chi connectivity index (χ0) is 20.7. The molecule has 7 nitrogen and oxygen atoms in total. The van der Waals surface area contributed by atoms with Crippen molar-refractivity contribution in [2.75, 3.05) is 13.2 Å². The van der Waals surface area contributed by atoms with E-state index in [1.54, 1.807) is 24.3 Å². The highest BCUT2D eigenvalue weighted by atomic mass is 32.2. The fourth-order valence-electron chi connectivity index (χ4n) is 2.26. The number of halogens is 1. The highest BCUT2D eigenvalue weighted by Crippen LogP contribution is 2.14. The van der Waals surface area contributed by atoms with E-state index in [0.717, 1.165) is 24.3 Å². The van der Waals surface area contributed by atoms with Gasteiger partial charge in [-0.05, 0) is 62.4 Å². The Kier molecular flexibility index (Phi) is 7.24. The third-order valence-electron chi connectivity index (χ3n) is 3.66. The van der Waals surface area contributed by atoms with E-state index in [0.29, 0.717) is 17.9 Å². The van der Waals surface area contributed by atoms with E-state index in [2.05, 4.69) is 0 Å². The van der Waals surface area contributed by atoms with Gasteiger partial charge < -0.3 is 9.47 Å². The van der Waals surface area contributed by atoms with Gasteiger partial charge in [-0.2, -0.15) is 4.72 Å². The minimum Gasteiger partial charge on any atom is -0.494 e. The SMILES string of the molecule is CCOc1ccc(C(=O)[C@H](C)OC(=O)CNS(=O)(=O)c2ccc(F)cc2)cc1. The fourth-order valence-corrected chi connectivity index (χ4v) is 3.23. The van der Waals surface area contributed by atoms with Crippen LogP contribution in [-0.4, -0.2) is 39.4 Å². The first-order valence-corrected chi connectivity index (χ1v) is 9.93. The molecule has 2 rings (SSSR count). The van der Waals surface area contributed by atoms with Gasteiger partial charge in [-0.15, -0.1) is 0 Å². The van der Waals surface area contributed by atoms with Crippen LogP contribution in [0.3, 0.4) is 0 Å². The quantitative estimate of drug-likeness (QED) is 0.504. The fraction of sp³-hybridized carbons (Fsp3) is 0.263. The van der Waals surface area contributed by atoms with Crippen molar-refractivity contribution in [2.24, 2.45) is 0 Å². The summed E-state index contributed by atoms with van der Waals surface area (Å²) in [5.41, 5.74) is 0.329.